The number of nitrogens with zero attached hydrogens (tertiary/aromatic N) is 2. The normalized spacial score (nSPS) is 10.7. The van der Waals surface area contributed by atoms with Gasteiger partial charge in [0.05, 0.1) is 12.3 Å². The first-order chi connectivity index (χ1) is 21.5. The molecule has 0 aliphatic heterocycles. The van der Waals surface area contributed by atoms with Crippen molar-refractivity contribution in [1.29, 1.82) is 0 Å². The molecule has 0 unspecified atom stereocenters. The molecule has 7 heteroatoms. The number of aromatic nitrogens is 1. The van der Waals surface area contributed by atoms with Gasteiger partial charge in [-0.2, -0.15) is 0 Å². The fourth-order valence-electron chi connectivity index (χ4n) is 4.71. The van der Waals surface area contributed by atoms with Gasteiger partial charge in [-0.05, 0) is 28.8 Å². The summed E-state index contributed by atoms with van der Waals surface area (Å²) in [5.74, 6) is -0.153. The van der Waals surface area contributed by atoms with Gasteiger partial charge in [0.15, 0.2) is 5.56 Å². The topological polar surface area (TPSA) is 70.1 Å². The number of esters is 1. The smallest absolute Gasteiger partial charge is 0.347 e. The van der Waals surface area contributed by atoms with E-state index in [9.17, 15) is 4.79 Å². The van der Waals surface area contributed by atoms with Crippen molar-refractivity contribution in [3.05, 3.63) is 143 Å². The molecule has 0 atom stereocenters. The summed E-state index contributed by atoms with van der Waals surface area (Å²) < 4.78 is 24.3. The summed E-state index contributed by atoms with van der Waals surface area (Å²) in [5, 5.41) is 0. The first-order valence-electron chi connectivity index (χ1n) is 14.4. The second-order valence-electron chi connectivity index (χ2n) is 10.4. The zero-order chi connectivity index (χ0) is 30.7. The van der Waals surface area contributed by atoms with Crippen LogP contribution in [0.15, 0.2) is 115 Å². The Labute approximate surface area is 258 Å². The molecule has 0 aliphatic carbocycles. The van der Waals surface area contributed by atoms with Crippen molar-refractivity contribution in [2.45, 2.75) is 26.4 Å². The Balaban J connectivity index is 1.64. The molecule has 0 N–H and O–H groups in total. The van der Waals surface area contributed by atoms with Crippen molar-refractivity contribution >= 4 is 11.7 Å². The van der Waals surface area contributed by atoms with Gasteiger partial charge in [-0.15, -0.1) is 0 Å². The Kier molecular flexibility index (Phi) is 10.2. The fourth-order valence-corrected chi connectivity index (χ4v) is 4.71. The molecule has 1 aromatic heterocycles. The summed E-state index contributed by atoms with van der Waals surface area (Å²) in [4.78, 5) is 20.9. The van der Waals surface area contributed by atoms with Crippen molar-refractivity contribution in [3.63, 3.8) is 0 Å². The molecule has 5 rings (SSSR count). The summed E-state index contributed by atoms with van der Waals surface area (Å²) in [5.41, 5.74) is 5.96. The molecule has 0 spiro atoms. The van der Waals surface area contributed by atoms with E-state index >= 15 is 0 Å². The molecule has 0 radical (unpaired) electrons. The van der Waals surface area contributed by atoms with Crippen molar-refractivity contribution in [1.82, 2.24) is 4.98 Å². The third-order valence-electron chi connectivity index (χ3n) is 7.02. The second-order valence-corrected chi connectivity index (χ2v) is 10.4. The van der Waals surface area contributed by atoms with Gasteiger partial charge in [-0.25, -0.2) is 9.78 Å². The van der Waals surface area contributed by atoms with Crippen LogP contribution in [0.4, 0.5) is 5.69 Å². The Bertz CT molecular complexity index is 1640. The van der Waals surface area contributed by atoms with E-state index in [0.29, 0.717) is 17.0 Å². The van der Waals surface area contributed by atoms with E-state index in [1.807, 2.05) is 134 Å². The van der Waals surface area contributed by atoms with Gasteiger partial charge in [-0.1, -0.05) is 103 Å². The molecule has 0 amide bonds. The van der Waals surface area contributed by atoms with Gasteiger partial charge >= 0.3 is 5.97 Å². The molecule has 224 valence electrons. The second kappa shape index (κ2) is 14.8. The van der Waals surface area contributed by atoms with Gasteiger partial charge < -0.3 is 23.8 Å². The maximum Gasteiger partial charge on any atom is 0.347 e. The molecule has 4 aromatic carbocycles. The number of benzene rings is 4. The summed E-state index contributed by atoms with van der Waals surface area (Å²) in [7, 11) is 5.59. The first kappa shape index (κ1) is 30.3. The molecule has 0 aliphatic rings. The SMILES string of the molecule is COCc1c(-c2ccc(N(C)C)cc2)nc(OCc2ccccc2)c(C(=O)OCc2ccccc2)c1OCc1ccccc1. The molecular formula is C37H36N2O5. The van der Waals surface area contributed by atoms with E-state index in [2.05, 4.69) is 0 Å². The maximum atomic E-state index is 13.9. The summed E-state index contributed by atoms with van der Waals surface area (Å²) in [6.45, 7) is 0.661. The monoisotopic (exact) mass is 588 g/mol. The predicted octanol–water partition coefficient (Wildman–Crippen LogP) is 7.48. The van der Waals surface area contributed by atoms with Crippen molar-refractivity contribution in [2.75, 3.05) is 26.1 Å². The summed E-state index contributed by atoms with van der Waals surface area (Å²) >= 11 is 0. The quantitative estimate of drug-likeness (QED) is 0.132. The van der Waals surface area contributed by atoms with Crippen LogP contribution in [-0.2, 0) is 35.9 Å². The molecule has 5 aromatic rings. The lowest BCUT2D eigenvalue weighted by Crippen LogP contribution is -2.15. The minimum atomic E-state index is -0.598. The largest absolute Gasteiger partial charge is 0.487 e. The minimum Gasteiger partial charge on any atom is -0.487 e. The average Bonchev–Trinajstić information content (AvgIpc) is 3.07. The van der Waals surface area contributed by atoms with Gasteiger partial charge in [-0.3, -0.25) is 0 Å². The molecule has 44 heavy (non-hydrogen) atoms. The van der Waals surface area contributed by atoms with Gasteiger partial charge in [0.1, 0.15) is 25.6 Å². The minimum absolute atomic E-state index is 0.0866. The molecule has 1 heterocycles. The van der Waals surface area contributed by atoms with E-state index in [0.717, 1.165) is 27.9 Å². The standard InChI is InChI=1S/C37H36N2O5/c1-39(2)31-21-19-30(20-22-31)34-32(26-41-3)35(42-23-27-13-7-4-8-14-27)33(37(40)44-25-29-17-11-6-12-18-29)36(38-34)43-24-28-15-9-5-10-16-28/h4-22H,23-26H2,1-3H3. The van der Waals surface area contributed by atoms with Crippen LogP contribution in [0.1, 0.15) is 32.6 Å². The van der Waals surface area contributed by atoms with Crippen LogP contribution in [0.25, 0.3) is 11.3 Å². The van der Waals surface area contributed by atoms with Crippen LogP contribution in [-0.4, -0.2) is 32.2 Å². The van der Waals surface area contributed by atoms with Crippen molar-refractivity contribution in [3.8, 4) is 22.9 Å². The highest BCUT2D eigenvalue weighted by Gasteiger charge is 2.29. The molecule has 0 saturated carbocycles. The zero-order valence-electron chi connectivity index (χ0n) is 25.2. The van der Waals surface area contributed by atoms with Gasteiger partial charge in [0.25, 0.3) is 0 Å². The number of hydrogen-bond donors (Lipinski definition) is 0. The Morgan fingerprint density at radius 2 is 1.18 bits per heavy atom. The van der Waals surface area contributed by atoms with Crippen LogP contribution in [0.2, 0.25) is 0 Å². The average molecular weight is 589 g/mol. The lowest BCUT2D eigenvalue weighted by atomic mass is 10.0. The number of hydrogen-bond acceptors (Lipinski definition) is 7. The van der Waals surface area contributed by atoms with Gasteiger partial charge in [0, 0.05) is 38.0 Å². The highest BCUT2D eigenvalue weighted by Crippen LogP contribution is 2.40. The molecule has 7 nitrogen and oxygen atoms in total. The van der Waals surface area contributed by atoms with E-state index in [1.54, 1.807) is 7.11 Å². The molecule has 0 fully saturated rings. The van der Waals surface area contributed by atoms with Crippen LogP contribution >= 0.6 is 0 Å². The number of carbonyl (C=O) groups is 1. The van der Waals surface area contributed by atoms with Crippen LogP contribution in [0, 0.1) is 0 Å². The lowest BCUT2D eigenvalue weighted by molar-refractivity contribution is 0.0460. The number of methoxy groups -OCH3 is 1. The van der Waals surface area contributed by atoms with Crippen LogP contribution in [0.3, 0.4) is 0 Å². The van der Waals surface area contributed by atoms with Crippen molar-refractivity contribution < 1.29 is 23.7 Å². The van der Waals surface area contributed by atoms with E-state index in [4.69, 9.17) is 23.9 Å². The van der Waals surface area contributed by atoms with Crippen molar-refractivity contribution in [2.24, 2.45) is 0 Å². The van der Waals surface area contributed by atoms with Crippen LogP contribution in [0.5, 0.6) is 11.6 Å². The Morgan fingerprint density at radius 3 is 1.70 bits per heavy atom. The Hall–Kier alpha value is -5.14. The first-order valence-corrected chi connectivity index (χ1v) is 14.4. The highest BCUT2D eigenvalue weighted by molar-refractivity contribution is 5.96. The number of anilines is 1. The third kappa shape index (κ3) is 7.62. The summed E-state index contributed by atoms with van der Waals surface area (Å²) in [6, 6.07) is 37.1. The Morgan fingerprint density at radius 1 is 0.659 bits per heavy atom. The van der Waals surface area contributed by atoms with Gasteiger partial charge in [0.2, 0.25) is 5.88 Å². The molecular weight excluding hydrogens is 552 g/mol. The number of ether oxygens (including phenoxy) is 4. The molecule has 0 bridgehead atoms. The highest BCUT2D eigenvalue weighted by atomic mass is 16.5. The lowest BCUT2D eigenvalue weighted by Gasteiger charge is -2.21. The van der Waals surface area contributed by atoms with Crippen LogP contribution < -0.4 is 14.4 Å². The third-order valence-corrected chi connectivity index (χ3v) is 7.02. The van der Waals surface area contributed by atoms with E-state index in [1.165, 1.54) is 0 Å². The predicted molar refractivity (Wildman–Crippen MR) is 172 cm³/mol. The van der Waals surface area contributed by atoms with E-state index in [-0.39, 0.29) is 37.9 Å². The zero-order valence-corrected chi connectivity index (χ0v) is 25.2. The number of rotatable bonds is 13. The maximum absolute atomic E-state index is 13.9. The summed E-state index contributed by atoms with van der Waals surface area (Å²) in [6.07, 6.45) is 0. The molecule has 0 saturated heterocycles. The van der Waals surface area contributed by atoms with E-state index < -0.39 is 5.97 Å². The number of carbonyl (C=O) groups excluding carboxylic acids is 1. The fraction of sp³-hybridized carbons (Fsp3) is 0.189. The number of pyridine rings is 1.